The SMILES string of the molecule is CC(C)CC1NC(=O)C(C)(C2CC2)N(CCC2CC2)C1=O. The first-order valence-electron chi connectivity index (χ1n) is 8.55. The van der Waals surface area contributed by atoms with E-state index in [9.17, 15) is 9.59 Å². The maximum absolute atomic E-state index is 12.9. The van der Waals surface area contributed by atoms with Gasteiger partial charge in [-0.2, -0.15) is 0 Å². The van der Waals surface area contributed by atoms with Crippen molar-refractivity contribution in [3.63, 3.8) is 0 Å². The Balaban J connectivity index is 1.79. The number of piperazine rings is 1. The van der Waals surface area contributed by atoms with Crippen LogP contribution in [0.15, 0.2) is 0 Å². The molecule has 1 heterocycles. The Hall–Kier alpha value is -1.06. The normalized spacial score (nSPS) is 33.5. The minimum Gasteiger partial charge on any atom is -0.342 e. The summed E-state index contributed by atoms with van der Waals surface area (Å²) in [4.78, 5) is 27.5. The summed E-state index contributed by atoms with van der Waals surface area (Å²) in [5.74, 6) is 1.79. The molecule has 118 valence electrons. The first-order chi connectivity index (χ1) is 9.92. The summed E-state index contributed by atoms with van der Waals surface area (Å²) in [5.41, 5.74) is -0.598. The largest absolute Gasteiger partial charge is 0.342 e. The van der Waals surface area contributed by atoms with Crippen LogP contribution in [0.3, 0.4) is 0 Å². The van der Waals surface area contributed by atoms with Crippen molar-refractivity contribution < 1.29 is 9.59 Å². The van der Waals surface area contributed by atoms with Gasteiger partial charge in [-0.25, -0.2) is 0 Å². The molecule has 4 nitrogen and oxygen atoms in total. The highest BCUT2D eigenvalue weighted by atomic mass is 16.2. The van der Waals surface area contributed by atoms with Crippen LogP contribution in [0.5, 0.6) is 0 Å². The molecule has 0 radical (unpaired) electrons. The van der Waals surface area contributed by atoms with Crippen molar-refractivity contribution in [2.45, 2.75) is 70.9 Å². The molecule has 0 spiro atoms. The summed E-state index contributed by atoms with van der Waals surface area (Å²) in [6.07, 6.45) is 6.55. The summed E-state index contributed by atoms with van der Waals surface area (Å²) in [6.45, 7) is 6.94. The van der Waals surface area contributed by atoms with Gasteiger partial charge in [-0.05, 0) is 50.4 Å². The Morgan fingerprint density at radius 1 is 1.24 bits per heavy atom. The lowest BCUT2D eigenvalue weighted by Gasteiger charge is -2.47. The van der Waals surface area contributed by atoms with Crippen LogP contribution in [-0.2, 0) is 9.59 Å². The zero-order valence-corrected chi connectivity index (χ0v) is 13.5. The highest BCUT2D eigenvalue weighted by Gasteiger charge is 2.56. The fourth-order valence-electron chi connectivity index (χ4n) is 3.65. The van der Waals surface area contributed by atoms with Gasteiger partial charge in [0.15, 0.2) is 0 Å². The summed E-state index contributed by atoms with van der Waals surface area (Å²) in [6, 6.07) is -0.316. The summed E-state index contributed by atoms with van der Waals surface area (Å²) >= 11 is 0. The van der Waals surface area contributed by atoms with Crippen LogP contribution >= 0.6 is 0 Å². The summed E-state index contributed by atoms with van der Waals surface area (Å²) < 4.78 is 0. The lowest BCUT2D eigenvalue weighted by molar-refractivity contribution is -0.158. The van der Waals surface area contributed by atoms with Crippen LogP contribution in [0.4, 0.5) is 0 Å². The molecule has 2 saturated carbocycles. The average molecular weight is 292 g/mol. The number of nitrogens with zero attached hydrogens (tertiary/aromatic N) is 1. The van der Waals surface area contributed by atoms with Gasteiger partial charge in [0.25, 0.3) is 0 Å². The Kier molecular flexibility index (Phi) is 3.74. The van der Waals surface area contributed by atoms with Gasteiger partial charge in [-0.1, -0.05) is 26.7 Å². The third-order valence-corrected chi connectivity index (χ3v) is 5.43. The van der Waals surface area contributed by atoms with E-state index in [-0.39, 0.29) is 17.9 Å². The van der Waals surface area contributed by atoms with Gasteiger partial charge >= 0.3 is 0 Å². The Labute approximate surface area is 127 Å². The molecular weight excluding hydrogens is 264 g/mol. The monoisotopic (exact) mass is 292 g/mol. The molecule has 2 amide bonds. The van der Waals surface area contributed by atoms with Gasteiger partial charge in [0.05, 0.1) is 0 Å². The molecule has 21 heavy (non-hydrogen) atoms. The number of carbonyl (C=O) groups excluding carboxylic acids is 2. The summed E-state index contributed by atoms with van der Waals surface area (Å²) in [5, 5.41) is 3.01. The number of carbonyl (C=O) groups is 2. The third-order valence-electron chi connectivity index (χ3n) is 5.43. The van der Waals surface area contributed by atoms with Crippen LogP contribution in [0.1, 0.15) is 59.3 Å². The van der Waals surface area contributed by atoms with Crippen molar-refractivity contribution in [3.8, 4) is 0 Å². The molecule has 1 saturated heterocycles. The first-order valence-corrected chi connectivity index (χ1v) is 8.55. The highest BCUT2D eigenvalue weighted by molar-refractivity contribution is 6.00. The molecule has 0 aromatic heterocycles. The van der Waals surface area contributed by atoms with E-state index in [2.05, 4.69) is 19.2 Å². The molecular formula is C17H28N2O2. The zero-order chi connectivity index (χ0) is 15.2. The topological polar surface area (TPSA) is 49.4 Å². The molecule has 4 heteroatoms. The number of nitrogens with one attached hydrogen (secondary N) is 1. The number of hydrogen-bond donors (Lipinski definition) is 1. The van der Waals surface area contributed by atoms with Crippen LogP contribution in [0, 0.1) is 17.8 Å². The van der Waals surface area contributed by atoms with Crippen LogP contribution in [-0.4, -0.2) is 34.8 Å². The van der Waals surface area contributed by atoms with Crippen molar-refractivity contribution in [2.24, 2.45) is 17.8 Å². The van der Waals surface area contributed by atoms with E-state index >= 15 is 0 Å². The van der Waals surface area contributed by atoms with E-state index in [0.717, 1.165) is 38.1 Å². The maximum atomic E-state index is 12.9. The van der Waals surface area contributed by atoms with Gasteiger partial charge in [0, 0.05) is 6.54 Å². The Bertz CT molecular complexity index is 440. The molecule has 0 aromatic carbocycles. The standard InChI is InChI=1S/C17H28N2O2/c1-11(2)10-14-15(20)19(9-8-12-4-5-12)17(3,13-6-7-13)16(21)18-14/h11-14H,4-10H2,1-3H3,(H,18,21). The first kappa shape index (κ1) is 14.9. The van der Waals surface area contributed by atoms with Crippen molar-refractivity contribution in [1.29, 1.82) is 0 Å². The molecule has 2 unspecified atom stereocenters. The fourth-order valence-corrected chi connectivity index (χ4v) is 3.65. The van der Waals surface area contributed by atoms with Gasteiger partial charge in [-0.3, -0.25) is 9.59 Å². The molecule has 3 rings (SSSR count). The van der Waals surface area contributed by atoms with Crippen LogP contribution in [0.2, 0.25) is 0 Å². The second-order valence-corrected chi connectivity index (χ2v) is 7.80. The van der Waals surface area contributed by atoms with E-state index in [4.69, 9.17) is 0 Å². The third kappa shape index (κ3) is 2.82. The van der Waals surface area contributed by atoms with Crippen molar-refractivity contribution in [1.82, 2.24) is 10.2 Å². The molecule has 1 N–H and O–H groups in total. The minimum absolute atomic E-state index is 0.0750. The zero-order valence-electron chi connectivity index (χ0n) is 13.5. The number of rotatable bonds is 6. The predicted molar refractivity (Wildman–Crippen MR) is 81.6 cm³/mol. The molecule has 0 aromatic rings. The number of amides is 2. The van der Waals surface area contributed by atoms with Gasteiger partial charge in [0.2, 0.25) is 11.8 Å². The molecule has 2 aliphatic carbocycles. The molecule has 3 fully saturated rings. The molecule has 1 aliphatic heterocycles. The lowest BCUT2D eigenvalue weighted by atomic mass is 9.86. The van der Waals surface area contributed by atoms with E-state index in [1.54, 1.807) is 0 Å². The molecule has 3 aliphatic rings. The van der Waals surface area contributed by atoms with Crippen molar-refractivity contribution >= 4 is 11.8 Å². The smallest absolute Gasteiger partial charge is 0.246 e. The molecule has 2 atom stereocenters. The second-order valence-electron chi connectivity index (χ2n) is 7.80. The summed E-state index contributed by atoms with van der Waals surface area (Å²) in [7, 11) is 0. The second kappa shape index (κ2) is 5.29. The Morgan fingerprint density at radius 2 is 1.90 bits per heavy atom. The average Bonchev–Trinajstić information content (AvgIpc) is 3.26. The van der Waals surface area contributed by atoms with E-state index in [0.29, 0.717) is 11.8 Å². The maximum Gasteiger partial charge on any atom is 0.246 e. The van der Waals surface area contributed by atoms with Crippen molar-refractivity contribution in [2.75, 3.05) is 6.54 Å². The van der Waals surface area contributed by atoms with Gasteiger partial charge in [0.1, 0.15) is 11.6 Å². The van der Waals surface area contributed by atoms with Gasteiger partial charge < -0.3 is 10.2 Å². The van der Waals surface area contributed by atoms with E-state index < -0.39 is 5.54 Å². The minimum atomic E-state index is -0.598. The van der Waals surface area contributed by atoms with Gasteiger partial charge in [-0.15, -0.1) is 0 Å². The molecule has 0 bridgehead atoms. The van der Waals surface area contributed by atoms with Crippen LogP contribution in [0.25, 0.3) is 0 Å². The van der Waals surface area contributed by atoms with Crippen molar-refractivity contribution in [3.05, 3.63) is 0 Å². The van der Waals surface area contributed by atoms with E-state index in [1.165, 1.54) is 12.8 Å². The fraction of sp³-hybridized carbons (Fsp3) is 0.882. The predicted octanol–water partition coefficient (Wildman–Crippen LogP) is 2.33. The Morgan fingerprint density at radius 3 is 2.43 bits per heavy atom. The quantitative estimate of drug-likeness (QED) is 0.817. The number of hydrogen-bond acceptors (Lipinski definition) is 2. The lowest BCUT2D eigenvalue weighted by Crippen LogP contribution is -2.70. The van der Waals surface area contributed by atoms with E-state index in [1.807, 2.05) is 11.8 Å². The van der Waals surface area contributed by atoms with Crippen LogP contribution < -0.4 is 5.32 Å². The highest BCUT2D eigenvalue weighted by Crippen LogP contribution is 2.45.